The summed E-state index contributed by atoms with van der Waals surface area (Å²) >= 11 is 0. The summed E-state index contributed by atoms with van der Waals surface area (Å²) in [6.07, 6.45) is 0. The molecule has 1 N–H and O–H groups in total. The fourth-order valence-electron chi connectivity index (χ4n) is 2.90. The molecule has 19 heavy (non-hydrogen) atoms. The minimum atomic E-state index is 0.00241. The van der Waals surface area contributed by atoms with Gasteiger partial charge in [0.1, 0.15) is 5.75 Å². The van der Waals surface area contributed by atoms with Crippen molar-refractivity contribution < 1.29 is 5.11 Å². The third-order valence-electron chi connectivity index (χ3n) is 3.54. The molecule has 1 aromatic carbocycles. The van der Waals surface area contributed by atoms with Crippen molar-refractivity contribution in [3.8, 4) is 5.75 Å². The van der Waals surface area contributed by atoms with E-state index in [1.165, 1.54) is 16.7 Å². The van der Waals surface area contributed by atoms with Gasteiger partial charge in [-0.3, -0.25) is 0 Å². The predicted octanol–water partition coefficient (Wildman–Crippen LogP) is 4.36. The number of anilines is 1. The Morgan fingerprint density at radius 1 is 0.947 bits per heavy atom. The molecule has 0 aliphatic rings. The molecule has 0 saturated carbocycles. The van der Waals surface area contributed by atoms with Crippen LogP contribution in [0.5, 0.6) is 5.75 Å². The first kappa shape index (κ1) is 15.9. The van der Waals surface area contributed by atoms with Gasteiger partial charge in [-0.1, -0.05) is 41.5 Å². The fraction of sp³-hybridized carbons (Fsp3) is 0.647. The zero-order valence-electron chi connectivity index (χ0n) is 14.0. The van der Waals surface area contributed by atoms with Crippen LogP contribution in [0.4, 0.5) is 5.69 Å². The van der Waals surface area contributed by atoms with Crippen molar-refractivity contribution in [2.45, 2.75) is 59.3 Å². The van der Waals surface area contributed by atoms with E-state index >= 15 is 0 Å². The van der Waals surface area contributed by atoms with E-state index in [-0.39, 0.29) is 10.8 Å². The van der Waals surface area contributed by atoms with Crippen molar-refractivity contribution in [1.82, 2.24) is 0 Å². The molecule has 2 nitrogen and oxygen atoms in total. The van der Waals surface area contributed by atoms with E-state index in [4.69, 9.17) is 0 Å². The van der Waals surface area contributed by atoms with Gasteiger partial charge in [0.15, 0.2) is 0 Å². The summed E-state index contributed by atoms with van der Waals surface area (Å²) in [5.41, 5.74) is 4.73. The lowest BCUT2D eigenvalue weighted by Crippen LogP contribution is -2.24. The molecule has 0 aromatic heterocycles. The highest BCUT2D eigenvalue weighted by atomic mass is 16.3. The van der Waals surface area contributed by atoms with E-state index in [0.717, 1.165) is 5.69 Å². The van der Waals surface area contributed by atoms with Crippen LogP contribution in [0.3, 0.4) is 0 Å². The standard InChI is InChI=1S/C17H29NO/c1-11-12(16(2,3)4)10-13(19)15(18(8)9)14(11)17(5,6)7/h10,19H,1-9H3. The van der Waals surface area contributed by atoms with Gasteiger partial charge in [0.25, 0.3) is 0 Å². The zero-order chi connectivity index (χ0) is 15.2. The van der Waals surface area contributed by atoms with Crippen LogP contribution in [0.25, 0.3) is 0 Å². The summed E-state index contributed by atoms with van der Waals surface area (Å²) in [6, 6.07) is 1.93. The van der Waals surface area contributed by atoms with Crippen LogP contribution in [0, 0.1) is 6.92 Å². The molecule has 1 aromatic rings. The maximum atomic E-state index is 10.5. The second-order valence-electron chi connectivity index (χ2n) is 7.69. The number of benzene rings is 1. The number of rotatable bonds is 1. The van der Waals surface area contributed by atoms with Crippen molar-refractivity contribution >= 4 is 5.69 Å². The Labute approximate surface area is 118 Å². The molecule has 0 heterocycles. The average Bonchev–Trinajstić information content (AvgIpc) is 2.16. The molecule has 108 valence electrons. The molecule has 0 aliphatic heterocycles. The van der Waals surface area contributed by atoms with Gasteiger partial charge in [0, 0.05) is 14.1 Å². The fourth-order valence-corrected chi connectivity index (χ4v) is 2.90. The number of hydrogen-bond acceptors (Lipinski definition) is 2. The van der Waals surface area contributed by atoms with Gasteiger partial charge in [-0.25, -0.2) is 0 Å². The third-order valence-corrected chi connectivity index (χ3v) is 3.54. The number of phenols is 1. The maximum absolute atomic E-state index is 10.5. The lowest BCUT2D eigenvalue weighted by molar-refractivity contribution is 0.465. The highest BCUT2D eigenvalue weighted by Crippen LogP contribution is 2.44. The van der Waals surface area contributed by atoms with E-state index in [9.17, 15) is 5.11 Å². The van der Waals surface area contributed by atoms with E-state index < -0.39 is 0 Å². The molecule has 1 rings (SSSR count). The third kappa shape index (κ3) is 3.05. The van der Waals surface area contributed by atoms with Crippen LogP contribution in [0.15, 0.2) is 6.07 Å². The molecule has 2 heteroatoms. The van der Waals surface area contributed by atoms with Gasteiger partial charge in [-0.15, -0.1) is 0 Å². The summed E-state index contributed by atoms with van der Waals surface area (Å²) in [7, 11) is 3.97. The van der Waals surface area contributed by atoms with Gasteiger partial charge in [-0.05, 0) is 40.5 Å². The van der Waals surface area contributed by atoms with Gasteiger partial charge >= 0.3 is 0 Å². The molecular formula is C17H29NO. The number of phenolic OH excluding ortho intramolecular Hbond substituents is 1. The normalized spacial score (nSPS) is 12.7. The Morgan fingerprint density at radius 3 is 1.74 bits per heavy atom. The number of nitrogens with zero attached hydrogens (tertiary/aromatic N) is 1. The summed E-state index contributed by atoms with van der Waals surface area (Å²) < 4.78 is 0. The first-order valence-electron chi connectivity index (χ1n) is 6.92. The molecule has 0 saturated heterocycles. The van der Waals surface area contributed by atoms with Crippen LogP contribution in [0.2, 0.25) is 0 Å². The quantitative estimate of drug-likeness (QED) is 0.813. The Bertz CT molecular complexity index is 474. The Kier molecular flexibility index (Phi) is 3.96. The monoisotopic (exact) mass is 263 g/mol. The zero-order valence-corrected chi connectivity index (χ0v) is 14.0. The number of hydrogen-bond donors (Lipinski definition) is 1. The summed E-state index contributed by atoms with van der Waals surface area (Å²) in [4.78, 5) is 2.01. The van der Waals surface area contributed by atoms with Crippen LogP contribution in [0.1, 0.15) is 58.2 Å². The molecule has 0 fully saturated rings. The van der Waals surface area contributed by atoms with Gasteiger partial charge < -0.3 is 10.0 Å². The smallest absolute Gasteiger partial charge is 0.139 e. The van der Waals surface area contributed by atoms with Gasteiger partial charge in [0.2, 0.25) is 0 Å². The molecule has 0 atom stereocenters. The van der Waals surface area contributed by atoms with Crippen LogP contribution in [-0.4, -0.2) is 19.2 Å². The number of aromatic hydroxyl groups is 1. The minimum Gasteiger partial charge on any atom is -0.506 e. The van der Waals surface area contributed by atoms with Gasteiger partial charge in [-0.2, -0.15) is 0 Å². The topological polar surface area (TPSA) is 23.5 Å². The van der Waals surface area contributed by atoms with Gasteiger partial charge in [0.05, 0.1) is 5.69 Å². The molecular weight excluding hydrogens is 234 g/mol. The van der Waals surface area contributed by atoms with Crippen molar-refractivity contribution in [2.24, 2.45) is 0 Å². The summed E-state index contributed by atoms with van der Waals surface area (Å²) in [5, 5.41) is 10.5. The second kappa shape index (κ2) is 4.73. The van der Waals surface area contributed by atoms with Crippen LogP contribution in [-0.2, 0) is 10.8 Å². The first-order chi connectivity index (χ1) is 8.37. The molecule has 0 aliphatic carbocycles. The lowest BCUT2D eigenvalue weighted by Gasteiger charge is -2.33. The molecule has 0 spiro atoms. The first-order valence-corrected chi connectivity index (χ1v) is 6.92. The largest absolute Gasteiger partial charge is 0.506 e. The minimum absolute atomic E-state index is 0.00241. The SMILES string of the molecule is Cc1c(C(C)(C)C)cc(O)c(N(C)C)c1C(C)(C)C. The Hall–Kier alpha value is -1.18. The summed E-state index contributed by atoms with van der Waals surface area (Å²) in [6.45, 7) is 15.4. The Balaban J connectivity index is 3.78. The van der Waals surface area contributed by atoms with E-state index in [0.29, 0.717) is 5.75 Å². The lowest BCUT2D eigenvalue weighted by atomic mass is 9.75. The molecule has 0 unspecified atom stereocenters. The molecule has 0 radical (unpaired) electrons. The molecule has 0 amide bonds. The average molecular weight is 263 g/mol. The summed E-state index contributed by atoms with van der Waals surface area (Å²) in [5.74, 6) is 0.380. The molecule has 0 bridgehead atoms. The van der Waals surface area contributed by atoms with E-state index in [1.54, 1.807) is 0 Å². The van der Waals surface area contributed by atoms with Crippen molar-refractivity contribution in [2.75, 3.05) is 19.0 Å². The van der Waals surface area contributed by atoms with E-state index in [1.807, 2.05) is 25.1 Å². The highest BCUT2D eigenvalue weighted by Gasteiger charge is 2.29. The predicted molar refractivity (Wildman–Crippen MR) is 84.6 cm³/mol. The second-order valence-corrected chi connectivity index (χ2v) is 7.69. The Morgan fingerprint density at radius 2 is 1.42 bits per heavy atom. The maximum Gasteiger partial charge on any atom is 0.139 e. The van der Waals surface area contributed by atoms with Crippen molar-refractivity contribution in [3.05, 3.63) is 22.8 Å². The highest BCUT2D eigenvalue weighted by molar-refractivity contribution is 5.69. The van der Waals surface area contributed by atoms with Crippen LogP contribution >= 0.6 is 0 Å². The van der Waals surface area contributed by atoms with Crippen molar-refractivity contribution in [1.29, 1.82) is 0 Å². The van der Waals surface area contributed by atoms with E-state index in [2.05, 4.69) is 48.5 Å². The van der Waals surface area contributed by atoms with Crippen molar-refractivity contribution in [3.63, 3.8) is 0 Å². The van der Waals surface area contributed by atoms with Crippen LogP contribution < -0.4 is 4.90 Å².